The van der Waals surface area contributed by atoms with Crippen LogP contribution in [0.25, 0.3) is 0 Å². The Hall–Kier alpha value is -1.30. The lowest BCUT2D eigenvalue weighted by atomic mass is 9.43. The predicted octanol–water partition coefficient (Wildman–Crippen LogP) is 2.45. The molecule has 6 N–H and O–H groups in total. The fourth-order valence-electron chi connectivity index (χ4n) is 10.7. The van der Waals surface area contributed by atoms with Crippen molar-refractivity contribution in [2.75, 3.05) is 6.61 Å². The van der Waals surface area contributed by atoms with Gasteiger partial charge in [-0.15, -0.1) is 0 Å². The van der Waals surface area contributed by atoms with Crippen LogP contribution in [0.2, 0.25) is 0 Å². The number of amides is 1. The van der Waals surface area contributed by atoms with Crippen LogP contribution in [0, 0.1) is 46.3 Å². The van der Waals surface area contributed by atoms with E-state index in [0.717, 1.165) is 51.4 Å². The number of aliphatic hydroxyl groups excluding tert-OH is 4. The summed E-state index contributed by atoms with van der Waals surface area (Å²) in [6.45, 7) is 7.87. The van der Waals surface area contributed by atoms with Crippen LogP contribution in [-0.2, 0) is 19.1 Å². The van der Waals surface area contributed by atoms with Crippen LogP contribution in [0.1, 0.15) is 91.9 Å². The van der Waals surface area contributed by atoms with Gasteiger partial charge in [-0.1, -0.05) is 20.8 Å². The number of aliphatic hydroxyl groups is 4. The number of nitrogens with one attached hydrogen (secondary N) is 1. The summed E-state index contributed by atoms with van der Waals surface area (Å²) in [6.07, 6.45) is 3.14. The summed E-state index contributed by atoms with van der Waals surface area (Å²) in [5.74, 6) is 1.39. The molecular weight excluding hydrogens is 542 g/mol. The number of carbonyl (C=O) groups excluding carboxylic acids is 1. The first kappa shape index (κ1) is 32.1. The SMILES string of the molecule is CC(=O)N[C@H]1[C@H](O[C@@H]2CC[C@]3(C)[C@H]4CC[C@]5(C)[C@@H]([C@H](C)CCC(=O)O)CC[C@H]5[C@@H]4C[C@H](O)[C@@H]3C2)O[C@H](CO)[C@@H](O)[C@@H]1O. The molecule has 0 radical (unpaired) electrons. The highest BCUT2D eigenvalue weighted by Crippen LogP contribution is 2.68. The molecule has 4 saturated carbocycles. The lowest BCUT2D eigenvalue weighted by Crippen LogP contribution is -2.65. The molecule has 240 valence electrons. The third-order valence-electron chi connectivity index (χ3n) is 12.8. The van der Waals surface area contributed by atoms with Gasteiger partial charge >= 0.3 is 5.97 Å². The molecule has 10 heteroatoms. The molecule has 1 heterocycles. The smallest absolute Gasteiger partial charge is 0.303 e. The molecule has 5 rings (SSSR count). The molecule has 0 bridgehead atoms. The average Bonchev–Trinajstić information content (AvgIpc) is 3.29. The molecule has 0 aromatic heterocycles. The highest BCUT2D eigenvalue weighted by atomic mass is 16.7. The van der Waals surface area contributed by atoms with E-state index in [2.05, 4.69) is 26.1 Å². The topological polar surface area (TPSA) is 166 Å². The van der Waals surface area contributed by atoms with E-state index in [0.29, 0.717) is 36.0 Å². The lowest BCUT2D eigenvalue weighted by molar-refractivity contribution is -0.291. The third kappa shape index (κ3) is 5.65. The molecule has 1 amide bonds. The Morgan fingerprint density at radius 2 is 1.67 bits per heavy atom. The zero-order valence-electron chi connectivity index (χ0n) is 25.7. The molecule has 0 unspecified atom stereocenters. The molecule has 10 nitrogen and oxygen atoms in total. The van der Waals surface area contributed by atoms with Crippen LogP contribution in [0.15, 0.2) is 0 Å². The van der Waals surface area contributed by atoms with Crippen molar-refractivity contribution < 1.29 is 44.6 Å². The van der Waals surface area contributed by atoms with Crippen molar-refractivity contribution in [1.82, 2.24) is 5.32 Å². The Labute approximate surface area is 249 Å². The van der Waals surface area contributed by atoms with Gasteiger partial charge in [-0.3, -0.25) is 9.59 Å². The van der Waals surface area contributed by atoms with E-state index in [4.69, 9.17) is 9.47 Å². The van der Waals surface area contributed by atoms with Crippen LogP contribution in [0.4, 0.5) is 0 Å². The normalized spacial score (nSPS) is 49.3. The number of carboxylic acid groups (broad SMARTS) is 1. The van der Waals surface area contributed by atoms with Gasteiger partial charge in [-0.25, -0.2) is 0 Å². The fraction of sp³-hybridized carbons (Fsp3) is 0.938. The standard InChI is InChI=1S/C32H53NO9/c1-16(5-8-26(37)38)20-6-7-21-19-14-24(36)23-13-18(9-11-32(23,4)22(19)10-12-31(20,21)3)41-30-27(33-17(2)35)29(40)28(39)25(15-34)42-30/h16,18-25,27-30,34,36,39-40H,5-15H2,1-4H3,(H,33,35)(H,37,38)/t16-,18-,19+,20-,21+,22+,23+,24+,25-,27-,28-,29-,30-,31-,32-/m1/s1. The van der Waals surface area contributed by atoms with Gasteiger partial charge in [0.05, 0.1) is 18.8 Å². The predicted molar refractivity (Wildman–Crippen MR) is 153 cm³/mol. The largest absolute Gasteiger partial charge is 0.481 e. The first-order valence-corrected chi connectivity index (χ1v) is 16.2. The van der Waals surface area contributed by atoms with Gasteiger partial charge in [0.25, 0.3) is 0 Å². The molecule has 1 aliphatic heterocycles. The molecule has 5 fully saturated rings. The van der Waals surface area contributed by atoms with E-state index in [1.807, 2.05) is 0 Å². The van der Waals surface area contributed by atoms with Crippen molar-refractivity contribution in [3.8, 4) is 0 Å². The second-order valence-electron chi connectivity index (χ2n) is 14.9. The summed E-state index contributed by atoms with van der Waals surface area (Å²) in [5.41, 5.74) is 0.165. The number of hydrogen-bond acceptors (Lipinski definition) is 8. The second kappa shape index (κ2) is 12.2. The second-order valence-corrected chi connectivity index (χ2v) is 14.9. The first-order chi connectivity index (χ1) is 19.8. The van der Waals surface area contributed by atoms with Gasteiger partial charge in [0.1, 0.15) is 24.4 Å². The Balaban J connectivity index is 1.28. The van der Waals surface area contributed by atoms with Gasteiger partial charge in [-0.05, 0) is 104 Å². The van der Waals surface area contributed by atoms with Crippen molar-refractivity contribution >= 4 is 11.9 Å². The molecule has 15 atom stereocenters. The van der Waals surface area contributed by atoms with Crippen molar-refractivity contribution in [1.29, 1.82) is 0 Å². The Kier molecular flexibility index (Phi) is 9.36. The Bertz CT molecular complexity index is 995. The quantitative estimate of drug-likeness (QED) is 0.231. The molecule has 4 aliphatic carbocycles. The highest BCUT2D eigenvalue weighted by molar-refractivity contribution is 5.73. The van der Waals surface area contributed by atoms with Crippen LogP contribution in [-0.4, -0.2) is 86.9 Å². The van der Waals surface area contributed by atoms with Crippen LogP contribution in [0.3, 0.4) is 0 Å². The summed E-state index contributed by atoms with van der Waals surface area (Å²) < 4.78 is 12.2. The minimum Gasteiger partial charge on any atom is -0.481 e. The average molecular weight is 596 g/mol. The summed E-state index contributed by atoms with van der Waals surface area (Å²) >= 11 is 0. The van der Waals surface area contributed by atoms with E-state index < -0.39 is 49.3 Å². The molecule has 0 aromatic rings. The molecule has 5 aliphatic rings. The Morgan fingerprint density at radius 3 is 2.33 bits per heavy atom. The molecule has 1 saturated heterocycles. The monoisotopic (exact) mass is 595 g/mol. The molecule has 0 spiro atoms. The van der Waals surface area contributed by atoms with Gasteiger partial charge < -0.3 is 40.3 Å². The van der Waals surface area contributed by atoms with Crippen LogP contribution >= 0.6 is 0 Å². The van der Waals surface area contributed by atoms with Gasteiger partial charge in [0.15, 0.2) is 6.29 Å². The lowest BCUT2D eigenvalue weighted by Gasteiger charge is -2.62. The van der Waals surface area contributed by atoms with E-state index in [1.54, 1.807) is 0 Å². The molecule has 0 aromatic carbocycles. The van der Waals surface area contributed by atoms with E-state index in [9.17, 15) is 35.1 Å². The minimum atomic E-state index is -1.36. The van der Waals surface area contributed by atoms with Crippen LogP contribution < -0.4 is 5.32 Å². The molecular formula is C32H53NO9. The summed E-state index contributed by atoms with van der Waals surface area (Å²) in [6, 6.07) is -0.974. The number of carboxylic acids is 1. The number of rotatable bonds is 8. The van der Waals surface area contributed by atoms with Crippen LogP contribution in [0.5, 0.6) is 0 Å². The summed E-state index contributed by atoms with van der Waals surface area (Å²) in [4.78, 5) is 23.1. The number of ether oxygens (including phenoxy) is 2. The Morgan fingerprint density at radius 1 is 0.976 bits per heavy atom. The van der Waals surface area contributed by atoms with Gasteiger partial charge in [-0.2, -0.15) is 0 Å². The highest BCUT2D eigenvalue weighted by Gasteiger charge is 2.62. The van der Waals surface area contributed by atoms with Crippen molar-refractivity contribution in [3.63, 3.8) is 0 Å². The number of fused-ring (bicyclic) bond motifs is 5. The minimum absolute atomic E-state index is 0.0235. The number of carbonyl (C=O) groups is 2. The number of hydrogen-bond donors (Lipinski definition) is 6. The van der Waals surface area contributed by atoms with Gasteiger partial charge in [0, 0.05) is 13.3 Å². The van der Waals surface area contributed by atoms with E-state index in [1.165, 1.54) is 6.92 Å². The van der Waals surface area contributed by atoms with Gasteiger partial charge in [0.2, 0.25) is 5.91 Å². The maximum atomic E-state index is 11.9. The zero-order valence-corrected chi connectivity index (χ0v) is 25.7. The van der Waals surface area contributed by atoms with Crippen molar-refractivity contribution in [2.45, 2.75) is 135 Å². The van der Waals surface area contributed by atoms with Crippen molar-refractivity contribution in [3.05, 3.63) is 0 Å². The summed E-state index contributed by atoms with van der Waals surface area (Å²) in [5, 5.41) is 54.3. The third-order valence-corrected chi connectivity index (χ3v) is 12.8. The summed E-state index contributed by atoms with van der Waals surface area (Å²) in [7, 11) is 0. The van der Waals surface area contributed by atoms with E-state index >= 15 is 0 Å². The maximum absolute atomic E-state index is 11.9. The van der Waals surface area contributed by atoms with E-state index in [-0.39, 0.29) is 35.2 Å². The molecule has 42 heavy (non-hydrogen) atoms. The zero-order chi connectivity index (χ0) is 30.6. The first-order valence-electron chi connectivity index (χ1n) is 16.2. The fourth-order valence-corrected chi connectivity index (χ4v) is 10.7. The number of aliphatic carboxylic acids is 1. The maximum Gasteiger partial charge on any atom is 0.303 e. The van der Waals surface area contributed by atoms with Crippen molar-refractivity contribution in [2.24, 2.45) is 46.3 Å².